The first-order chi connectivity index (χ1) is 11.3. The van der Waals surface area contributed by atoms with E-state index in [0.29, 0.717) is 12.1 Å². The summed E-state index contributed by atoms with van der Waals surface area (Å²) in [5.41, 5.74) is -2.62. The molecular formula is C16H18F3N3O2. The zero-order valence-electron chi connectivity index (χ0n) is 13.2. The Morgan fingerprint density at radius 3 is 2.50 bits per heavy atom. The number of aromatic nitrogens is 2. The Kier molecular flexibility index (Phi) is 5.28. The summed E-state index contributed by atoms with van der Waals surface area (Å²) in [6.07, 6.45) is -1.59. The van der Waals surface area contributed by atoms with Crippen LogP contribution in [0.2, 0.25) is 0 Å². The molecule has 130 valence electrons. The van der Waals surface area contributed by atoms with Gasteiger partial charge in [0.05, 0.1) is 6.33 Å². The lowest BCUT2D eigenvalue weighted by atomic mass is 9.91. The van der Waals surface area contributed by atoms with Gasteiger partial charge in [-0.1, -0.05) is 30.3 Å². The molecule has 0 fully saturated rings. The first-order valence-corrected chi connectivity index (χ1v) is 7.27. The lowest BCUT2D eigenvalue weighted by Gasteiger charge is -2.34. The maximum atomic E-state index is 13.7. The van der Waals surface area contributed by atoms with Crippen LogP contribution in [0.5, 0.6) is 0 Å². The van der Waals surface area contributed by atoms with Gasteiger partial charge in [-0.2, -0.15) is 13.2 Å². The number of rotatable bonds is 6. The molecule has 0 aliphatic heterocycles. The average Bonchev–Trinajstić information content (AvgIpc) is 3.00. The molecule has 2 N–H and O–H groups in total. The Balaban J connectivity index is 2.28. The second-order valence-electron chi connectivity index (χ2n) is 5.40. The Bertz CT molecular complexity index is 659. The first kappa shape index (κ1) is 18.0. The molecule has 1 amide bonds. The van der Waals surface area contributed by atoms with Crippen molar-refractivity contribution in [2.24, 2.45) is 0 Å². The van der Waals surface area contributed by atoms with Crippen molar-refractivity contribution in [1.82, 2.24) is 15.3 Å². The molecule has 2 aromatic rings. The number of methoxy groups -OCH3 is 1. The largest absolute Gasteiger partial charge is 0.430 e. The van der Waals surface area contributed by atoms with E-state index in [4.69, 9.17) is 4.74 Å². The molecule has 2 atom stereocenters. The van der Waals surface area contributed by atoms with Crippen molar-refractivity contribution in [2.75, 3.05) is 7.11 Å². The zero-order chi connectivity index (χ0) is 17.8. The predicted octanol–water partition coefficient (Wildman–Crippen LogP) is 2.56. The molecule has 0 radical (unpaired) electrons. The number of benzene rings is 1. The number of H-pyrrole nitrogens is 1. The van der Waals surface area contributed by atoms with Crippen molar-refractivity contribution >= 4 is 5.91 Å². The van der Waals surface area contributed by atoms with Gasteiger partial charge in [0.15, 0.2) is 0 Å². The van der Waals surface area contributed by atoms with E-state index in [1.54, 1.807) is 19.2 Å². The molecule has 1 unspecified atom stereocenters. The molecule has 0 spiro atoms. The van der Waals surface area contributed by atoms with E-state index in [-0.39, 0.29) is 5.56 Å². The van der Waals surface area contributed by atoms with E-state index >= 15 is 0 Å². The highest BCUT2D eigenvalue weighted by Gasteiger charge is 2.62. The SMILES string of the molecule is COC(C(=O)N[C@H](C)Cc1cnc[nH]1)(c1ccccc1)C(F)(F)F. The number of ether oxygens (including phenoxy) is 1. The standard InChI is InChI=1S/C16H18F3N3O2/c1-11(8-13-9-20-10-21-13)22-14(23)15(24-2,16(17,18)19)12-6-4-3-5-7-12/h3-7,9-11H,8H2,1-2H3,(H,20,21)(H,22,23)/t11-,15?/m1/s1. The third kappa shape index (κ3) is 3.43. The Morgan fingerprint density at radius 2 is 2.00 bits per heavy atom. The van der Waals surface area contributed by atoms with Crippen LogP contribution in [0.1, 0.15) is 18.2 Å². The number of alkyl halides is 3. The van der Waals surface area contributed by atoms with Gasteiger partial charge in [0.1, 0.15) is 0 Å². The van der Waals surface area contributed by atoms with E-state index in [9.17, 15) is 18.0 Å². The number of hydrogen-bond donors (Lipinski definition) is 2. The number of imidazole rings is 1. The molecule has 8 heteroatoms. The van der Waals surface area contributed by atoms with E-state index < -0.39 is 23.7 Å². The number of hydrogen-bond acceptors (Lipinski definition) is 3. The normalized spacial score (nSPS) is 15.5. The zero-order valence-corrected chi connectivity index (χ0v) is 13.2. The molecule has 0 saturated carbocycles. The molecule has 1 aromatic carbocycles. The summed E-state index contributed by atoms with van der Waals surface area (Å²) in [5, 5.41) is 2.38. The van der Waals surface area contributed by atoms with E-state index in [1.165, 1.54) is 30.6 Å². The van der Waals surface area contributed by atoms with Crippen molar-refractivity contribution in [3.8, 4) is 0 Å². The van der Waals surface area contributed by atoms with Crippen LogP contribution in [-0.2, 0) is 21.6 Å². The van der Waals surface area contributed by atoms with Crippen molar-refractivity contribution in [3.63, 3.8) is 0 Å². The monoisotopic (exact) mass is 341 g/mol. The van der Waals surface area contributed by atoms with E-state index in [1.807, 2.05) is 0 Å². The summed E-state index contributed by atoms with van der Waals surface area (Å²) < 4.78 is 45.9. The number of halogens is 3. The number of nitrogens with one attached hydrogen (secondary N) is 2. The van der Waals surface area contributed by atoms with Crippen molar-refractivity contribution in [1.29, 1.82) is 0 Å². The number of nitrogens with zero attached hydrogens (tertiary/aromatic N) is 1. The number of carbonyl (C=O) groups excluding carboxylic acids is 1. The molecule has 2 rings (SSSR count). The fourth-order valence-corrected chi connectivity index (χ4v) is 2.53. The summed E-state index contributed by atoms with van der Waals surface area (Å²) in [5.74, 6) is -1.25. The Morgan fingerprint density at radius 1 is 1.33 bits per heavy atom. The first-order valence-electron chi connectivity index (χ1n) is 7.27. The van der Waals surface area contributed by atoms with E-state index in [2.05, 4.69) is 15.3 Å². The molecule has 0 saturated heterocycles. The lowest BCUT2D eigenvalue weighted by Crippen LogP contribution is -2.57. The topological polar surface area (TPSA) is 67.0 Å². The summed E-state index contributed by atoms with van der Waals surface area (Å²) in [4.78, 5) is 19.2. The van der Waals surface area contributed by atoms with Gasteiger partial charge in [-0.15, -0.1) is 0 Å². The second-order valence-corrected chi connectivity index (χ2v) is 5.40. The molecule has 5 nitrogen and oxygen atoms in total. The average molecular weight is 341 g/mol. The third-order valence-corrected chi connectivity index (χ3v) is 3.66. The maximum absolute atomic E-state index is 13.7. The van der Waals surface area contributed by atoms with Gasteiger partial charge in [0.2, 0.25) is 0 Å². The molecule has 0 aliphatic rings. The van der Waals surface area contributed by atoms with Crippen LogP contribution in [0.4, 0.5) is 13.2 Å². The fourth-order valence-electron chi connectivity index (χ4n) is 2.53. The van der Waals surface area contributed by atoms with Gasteiger partial charge in [0, 0.05) is 37.0 Å². The Labute approximate surface area is 137 Å². The highest BCUT2D eigenvalue weighted by molar-refractivity contribution is 5.88. The van der Waals surface area contributed by atoms with Crippen molar-refractivity contribution < 1.29 is 22.7 Å². The summed E-state index contributed by atoms with van der Waals surface area (Å²) in [6.45, 7) is 1.61. The smallest absolute Gasteiger partial charge is 0.356 e. The van der Waals surface area contributed by atoms with Gasteiger partial charge in [-0.25, -0.2) is 4.98 Å². The minimum Gasteiger partial charge on any atom is -0.356 e. The molecular weight excluding hydrogens is 323 g/mol. The van der Waals surface area contributed by atoms with Crippen molar-refractivity contribution in [3.05, 3.63) is 54.1 Å². The van der Waals surface area contributed by atoms with Crippen LogP contribution < -0.4 is 5.32 Å². The molecule has 24 heavy (non-hydrogen) atoms. The summed E-state index contributed by atoms with van der Waals surface area (Å²) in [7, 11) is 0.875. The summed E-state index contributed by atoms with van der Waals surface area (Å²) in [6, 6.07) is 6.32. The maximum Gasteiger partial charge on any atom is 0.430 e. The third-order valence-electron chi connectivity index (χ3n) is 3.66. The number of amides is 1. The molecule has 0 aliphatic carbocycles. The van der Waals surface area contributed by atoms with Crippen LogP contribution in [0, 0.1) is 0 Å². The second kappa shape index (κ2) is 7.04. The van der Waals surface area contributed by atoms with Gasteiger partial charge >= 0.3 is 6.18 Å². The van der Waals surface area contributed by atoms with E-state index in [0.717, 1.165) is 7.11 Å². The van der Waals surface area contributed by atoms with Crippen molar-refractivity contribution in [2.45, 2.75) is 31.2 Å². The highest BCUT2D eigenvalue weighted by atomic mass is 19.4. The number of aromatic amines is 1. The van der Waals surface area contributed by atoms with Gasteiger partial charge in [0.25, 0.3) is 11.5 Å². The molecule has 0 bridgehead atoms. The lowest BCUT2D eigenvalue weighted by molar-refractivity contribution is -0.266. The molecule has 1 aromatic heterocycles. The van der Waals surface area contributed by atoms with Crippen LogP contribution in [0.15, 0.2) is 42.9 Å². The van der Waals surface area contributed by atoms with Crippen LogP contribution in [0.25, 0.3) is 0 Å². The minimum atomic E-state index is -4.92. The Hall–Kier alpha value is -2.35. The van der Waals surface area contributed by atoms with Crippen LogP contribution in [-0.4, -0.2) is 35.2 Å². The molecule has 1 heterocycles. The number of carbonyl (C=O) groups is 1. The quantitative estimate of drug-likeness (QED) is 0.849. The van der Waals surface area contributed by atoms with Gasteiger partial charge in [-0.05, 0) is 6.92 Å². The van der Waals surface area contributed by atoms with Crippen LogP contribution >= 0.6 is 0 Å². The fraction of sp³-hybridized carbons (Fsp3) is 0.375. The van der Waals surface area contributed by atoms with Crippen LogP contribution in [0.3, 0.4) is 0 Å². The highest BCUT2D eigenvalue weighted by Crippen LogP contribution is 2.42. The van der Waals surface area contributed by atoms with Gasteiger partial charge in [-0.3, -0.25) is 4.79 Å². The van der Waals surface area contributed by atoms with Gasteiger partial charge < -0.3 is 15.0 Å². The summed E-state index contributed by atoms with van der Waals surface area (Å²) >= 11 is 0. The minimum absolute atomic E-state index is 0.272. The predicted molar refractivity (Wildman–Crippen MR) is 81.1 cm³/mol.